The summed E-state index contributed by atoms with van der Waals surface area (Å²) in [6.45, 7) is 5.45. The van der Waals surface area contributed by atoms with E-state index in [4.69, 9.17) is 20.8 Å². The topological polar surface area (TPSA) is 123 Å². The van der Waals surface area contributed by atoms with Gasteiger partial charge in [-0.15, -0.1) is 0 Å². The van der Waals surface area contributed by atoms with Crippen LogP contribution in [0.1, 0.15) is 40.0 Å². The Morgan fingerprint density at radius 2 is 1.45 bits per heavy atom. The molecule has 1 aliphatic rings. The van der Waals surface area contributed by atoms with Gasteiger partial charge in [0.1, 0.15) is 18.0 Å². The maximum atomic E-state index is 12.0. The lowest BCUT2D eigenvalue weighted by Gasteiger charge is -2.21. The zero-order valence-electron chi connectivity index (χ0n) is 11.8. The third kappa shape index (κ3) is 5.38. The molecule has 1 aliphatic carbocycles. The SMILES string of the molecule is CC(C)(C)C(=O)CC1C[C@H](ON(O)O)[C@H](ON(O)O)C1. The smallest absolute Gasteiger partial charge is 0.138 e. The summed E-state index contributed by atoms with van der Waals surface area (Å²) in [5.41, 5.74) is -0.463. The Morgan fingerprint density at radius 1 is 1.05 bits per heavy atom. The minimum Gasteiger partial charge on any atom is -0.299 e. The number of Topliss-reactive ketones (excluding diaryl/α,β-unsaturated/α-hetero) is 1. The molecule has 0 heterocycles. The predicted octanol–water partition coefficient (Wildman–Crippen LogP) is 1.16. The van der Waals surface area contributed by atoms with Gasteiger partial charge in [0.2, 0.25) is 0 Å². The van der Waals surface area contributed by atoms with Gasteiger partial charge in [0.15, 0.2) is 0 Å². The molecule has 1 fully saturated rings. The number of hydrogen-bond acceptors (Lipinski definition) is 9. The molecule has 118 valence electrons. The van der Waals surface area contributed by atoms with Crippen LogP contribution in [0.5, 0.6) is 0 Å². The average Bonchev–Trinajstić information content (AvgIpc) is 2.57. The second kappa shape index (κ2) is 6.87. The molecule has 0 aromatic rings. The molecule has 1 unspecified atom stereocenters. The van der Waals surface area contributed by atoms with E-state index in [2.05, 4.69) is 9.68 Å². The molecule has 0 spiro atoms. The van der Waals surface area contributed by atoms with Crippen molar-refractivity contribution in [3.8, 4) is 0 Å². The lowest BCUT2D eigenvalue weighted by atomic mass is 9.85. The number of nitrogens with zero attached hydrogens (tertiary/aromatic N) is 2. The van der Waals surface area contributed by atoms with Crippen molar-refractivity contribution < 1.29 is 35.3 Å². The molecule has 1 rings (SSSR count). The van der Waals surface area contributed by atoms with E-state index in [-0.39, 0.29) is 18.1 Å². The van der Waals surface area contributed by atoms with Gasteiger partial charge >= 0.3 is 0 Å². The first-order chi connectivity index (χ1) is 9.09. The molecule has 0 aromatic carbocycles. The number of carbonyl (C=O) groups excluding carboxylic acids is 1. The Labute approximate surface area is 116 Å². The monoisotopic (exact) mass is 294 g/mol. The van der Waals surface area contributed by atoms with Crippen LogP contribution in [0.15, 0.2) is 0 Å². The van der Waals surface area contributed by atoms with Crippen LogP contribution in [0.2, 0.25) is 0 Å². The first kappa shape index (κ1) is 17.4. The lowest BCUT2D eigenvalue weighted by Crippen LogP contribution is -2.35. The molecule has 0 aliphatic heterocycles. The highest BCUT2D eigenvalue weighted by Crippen LogP contribution is 2.35. The molecular weight excluding hydrogens is 272 g/mol. The maximum absolute atomic E-state index is 12.0. The van der Waals surface area contributed by atoms with E-state index in [1.54, 1.807) is 0 Å². The minimum atomic E-state index is -0.801. The van der Waals surface area contributed by atoms with Crippen molar-refractivity contribution in [2.45, 2.75) is 52.2 Å². The largest absolute Gasteiger partial charge is 0.299 e. The Kier molecular flexibility index (Phi) is 5.98. The third-order valence-electron chi connectivity index (χ3n) is 3.32. The van der Waals surface area contributed by atoms with Gasteiger partial charge in [0.05, 0.1) is 10.8 Å². The third-order valence-corrected chi connectivity index (χ3v) is 3.32. The number of carbonyl (C=O) groups is 1. The average molecular weight is 294 g/mol. The summed E-state index contributed by atoms with van der Waals surface area (Å²) in [6, 6.07) is 0. The van der Waals surface area contributed by atoms with E-state index >= 15 is 0 Å². The Bertz CT molecular complexity index is 311. The summed E-state index contributed by atoms with van der Waals surface area (Å²) in [7, 11) is 0. The van der Waals surface area contributed by atoms with Crippen LogP contribution >= 0.6 is 0 Å². The molecule has 0 saturated heterocycles. The zero-order valence-corrected chi connectivity index (χ0v) is 11.8. The van der Waals surface area contributed by atoms with Gasteiger partial charge < -0.3 is 0 Å². The molecule has 9 nitrogen and oxygen atoms in total. The van der Waals surface area contributed by atoms with Crippen LogP contribution in [-0.2, 0) is 14.5 Å². The van der Waals surface area contributed by atoms with Crippen molar-refractivity contribution in [3.05, 3.63) is 0 Å². The number of rotatable bonds is 6. The molecule has 4 N–H and O–H groups in total. The molecule has 0 radical (unpaired) electrons. The van der Waals surface area contributed by atoms with E-state index in [1.165, 1.54) is 0 Å². The molecule has 0 amide bonds. The van der Waals surface area contributed by atoms with Crippen molar-refractivity contribution >= 4 is 5.78 Å². The van der Waals surface area contributed by atoms with Crippen LogP contribution in [0.3, 0.4) is 0 Å². The summed E-state index contributed by atoms with van der Waals surface area (Å²) in [5, 5.41) is 33.8. The van der Waals surface area contributed by atoms with Crippen LogP contribution in [-0.4, -0.2) is 49.6 Å². The predicted molar refractivity (Wildman–Crippen MR) is 62.4 cm³/mol. The van der Waals surface area contributed by atoms with Crippen LogP contribution in [0, 0.1) is 11.3 Å². The van der Waals surface area contributed by atoms with Crippen LogP contribution in [0.4, 0.5) is 0 Å². The summed E-state index contributed by atoms with van der Waals surface area (Å²) < 4.78 is 0. The summed E-state index contributed by atoms with van der Waals surface area (Å²) >= 11 is 0. The van der Waals surface area contributed by atoms with Crippen molar-refractivity contribution in [3.63, 3.8) is 0 Å². The van der Waals surface area contributed by atoms with Gasteiger partial charge in [-0.3, -0.25) is 25.6 Å². The van der Waals surface area contributed by atoms with E-state index in [1.807, 2.05) is 20.8 Å². The van der Waals surface area contributed by atoms with Crippen molar-refractivity contribution in [2.75, 3.05) is 0 Å². The normalized spacial score (nSPS) is 27.6. The van der Waals surface area contributed by atoms with Gasteiger partial charge in [0, 0.05) is 11.8 Å². The van der Waals surface area contributed by atoms with E-state index in [9.17, 15) is 4.79 Å². The number of ketones is 1. The van der Waals surface area contributed by atoms with E-state index in [0.717, 1.165) is 0 Å². The van der Waals surface area contributed by atoms with Crippen LogP contribution in [0.25, 0.3) is 0 Å². The molecule has 9 heteroatoms. The van der Waals surface area contributed by atoms with Gasteiger partial charge in [0.25, 0.3) is 0 Å². The first-order valence-electron chi connectivity index (χ1n) is 6.32. The molecular formula is C11H22N2O7. The van der Waals surface area contributed by atoms with Crippen molar-refractivity contribution in [1.82, 2.24) is 10.8 Å². The highest BCUT2D eigenvalue weighted by molar-refractivity contribution is 5.83. The maximum Gasteiger partial charge on any atom is 0.138 e. The minimum absolute atomic E-state index is 0.0663. The lowest BCUT2D eigenvalue weighted by molar-refractivity contribution is -0.535. The highest BCUT2D eigenvalue weighted by Gasteiger charge is 2.40. The molecule has 0 bridgehead atoms. The van der Waals surface area contributed by atoms with E-state index < -0.39 is 28.4 Å². The molecule has 1 saturated carbocycles. The van der Waals surface area contributed by atoms with Gasteiger partial charge in [-0.2, -0.15) is 0 Å². The van der Waals surface area contributed by atoms with Crippen molar-refractivity contribution in [1.29, 1.82) is 0 Å². The fourth-order valence-corrected chi connectivity index (χ4v) is 2.26. The summed E-state index contributed by atoms with van der Waals surface area (Å²) in [4.78, 5) is 21.3. The molecule has 0 aromatic heterocycles. The van der Waals surface area contributed by atoms with Gasteiger partial charge in [-0.05, 0) is 18.8 Å². The fraction of sp³-hybridized carbons (Fsp3) is 0.909. The first-order valence-corrected chi connectivity index (χ1v) is 6.32. The fourth-order valence-electron chi connectivity index (χ4n) is 2.26. The van der Waals surface area contributed by atoms with Gasteiger partial charge in [-0.1, -0.05) is 20.8 Å². The number of hydrogen-bond donors (Lipinski definition) is 4. The Morgan fingerprint density at radius 3 is 1.75 bits per heavy atom. The standard InChI is InChI=1S/C11H22N2O7/c1-11(2,3)10(14)6-7-4-8(19-12(15)16)9(5-7)20-13(17)18/h7-9,15-18H,4-6H2,1-3H3/t7?,8-,9+. The van der Waals surface area contributed by atoms with Gasteiger partial charge in [-0.25, -0.2) is 9.68 Å². The van der Waals surface area contributed by atoms with Crippen LogP contribution < -0.4 is 0 Å². The van der Waals surface area contributed by atoms with E-state index in [0.29, 0.717) is 12.8 Å². The highest BCUT2D eigenvalue weighted by atomic mass is 17.1. The summed E-state index contributed by atoms with van der Waals surface area (Å²) in [6.07, 6.45) is -0.651. The Hall–Kier alpha value is -0.650. The molecule has 20 heavy (non-hydrogen) atoms. The second-order valence-corrected chi connectivity index (χ2v) is 6.01. The Balaban J connectivity index is 2.62. The molecule has 3 atom stereocenters. The summed E-state index contributed by atoms with van der Waals surface area (Å²) in [5.74, 6) is -0.0340. The second-order valence-electron chi connectivity index (χ2n) is 6.01. The van der Waals surface area contributed by atoms with Crippen molar-refractivity contribution in [2.24, 2.45) is 11.3 Å². The quantitative estimate of drug-likeness (QED) is 0.534. The zero-order chi connectivity index (χ0) is 15.5.